The lowest BCUT2D eigenvalue weighted by Gasteiger charge is -2.25. The van der Waals surface area contributed by atoms with Gasteiger partial charge in [-0.25, -0.2) is 4.79 Å². The SMILES string of the molecule is CCOC(=O)c1c(-c2ccc(C)cc2)csc1NC(=O)CN1CCOCC1. The molecule has 1 fully saturated rings. The predicted molar refractivity (Wildman–Crippen MR) is 106 cm³/mol. The van der Waals surface area contributed by atoms with E-state index in [2.05, 4.69) is 5.32 Å². The van der Waals surface area contributed by atoms with Crippen LogP contribution < -0.4 is 5.32 Å². The number of morpholine rings is 1. The zero-order valence-electron chi connectivity index (χ0n) is 15.6. The van der Waals surface area contributed by atoms with Crippen LogP contribution in [0.3, 0.4) is 0 Å². The first-order chi connectivity index (χ1) is 13.1. The minimum atomic E-state index is -0.420. The van der Waals surface area contributed by atoms with Crippen molar-refractivity contribution in [2.24, 2.45) is 0 Å². The molecule has 0 atom stereocenters. The van der Waals surface area contributed by atoms with E-state index in [0.717, 1.165) is 29.8 Å². The normalized spacial score (nSPS) is 14.7. The third kappa shape index (κ3) is 4.94. The molecule has 1 aliphatic heterocycles. The highest BCUT2D eigenvalue weighted by molar-refractivity contribution is 7.15. The smallest absolute Gasteiger partial charge is 0.341 e. The second-order valence-electron chi connectivity index (χ2n) is 6.38. The number of hydrogen-bond donors (Lipinski definition) is 1. The Labute approximate surface area is 163 Å². The van der Waals surface area contributed by atoms with Gasteiger partial charge in [-0.2, -0.15) is 0 Å². The van der Waals surface area contributed by atoms with Crippen LogP contribution in [0, 0.1) is 6.92 Å². The largest absolute Gasteiger partial charge is 0.462 e. The minimum Gasteiger partial charge on any atom is -0.462 e. The molecule has 6 nitrogen and oxygen atoms in total. The Kier molecular flexibility index (Phi) is 6.60. The van der Waals surface area contributed by atoms with Crippen LogP contribution in [0.25, 0.3) is 11.1 Å². The number of carbonyl (C=O) groups excluding carboxylic acids is 2. The molecule has 2 heterocycles. The number of thiophene rings is 1. The Bertz CT molecular complexity index is 795. The van der Waals surface area contributed by atoms with Crippen LogP contribution in [0.5, 0.6) is 0 Å². The highest BCUT2D eigenvalue weighted by atomic mass is 32.1. The molecule has 0 radical (unpaired) electrons. The molecule has 27 heavy (non-hydrogen) atoms. The van der Waals surface area contributed by atoms with Crippen molar-refractivity contribution >= 4 is 28.2 Å². The Balaban J connectivity index is 1.82. The number of hydrogen-bond acceptors (Lipinski definition) is 6. The minimum absolute atomic E-state index is 0.139. The fourth-order valence-corrected chi connectivity index (χ4v) is 3.90. The van der Waals surface area contributed by atoms with E-state index < -0.39 is 5.97 Å². The first kappa shape index (κ1) is 19.5. The highest BCUT2D eigenvalue weighted by Crippen LogP contribution is 2.36. The summed E-state index contributed by atoms with van der Waals surface area (Å²) in [5.41, 5.74) is 3.26. The lowest BCUT2D eigenvalue weighted by atomic mass is 10.0. The summed E-state index contributed by atoms with van der Waals surface area (Å²) < 4.78 is 10.5. The molecular weight excluding hydrogens is 364 g/mol. The lowest BCUT2D eigenvalue weighted by Crippen LogP contribution is -2.41. The fraction of sp³-hybridized carbons (Fsp3) is 0.400. The van der Waals surface area contributed by atoms with Crippen molar-refractivity contribution in [2.45, 2.75) is 13.8 Å². The maximum Gasteiger partial charge on any atom is 0.341 e. The van der Waals surface area contributed by atoms with Crippen LogP contribution in [0.15, 0.2) is 29.6 Å². The van der Waals surface area contributed by atoms with E-state index in [4.69, 9.17) is 9.47 Å². The summed E-state index contributed by atoms with van der Waals surface area (Å²) in [6.45, 7) is 7.09. The lowest BCUT2D eigenvalue weighted by molar-refractivity contribution is -0.118. The van der Waals surface area contributed by atoms with Gasteiger partial charge in [-0.3, -0.25) is 9.69 Å². The van der Waals surface area contributed by atoms with Gasteiger partial charge in [0.1, 0.15) is 10.6 Å². The van der Waals surface area contributed by atoms with Gasteiger partial charge in [-0.1, -0.05) is 29.8 Å². The summed E-state index contributed by atoms with van der Waals surface area (Å²) >= 11 is 1.34. The standard InChI is InChI=1S/C20H24N2O4S/c1-3-26-20(24)18-16(15-6-4-14(2)5-7-15)13-27-19(18)21-17(23)12-22-8-10-25-11-9-22/h4-7,13H,3,8-12H2,1-2H3,(H,21,23). The predicted octanol–water partition coefficient (Wildman–Crippen LogP) is 3.17. The van der Waals surface area contributed by atoms with Gasteiger partial charge in [0.25, 0.3) is 0 Å². The number of carbonyl (C=O) groups is 2. The summed E-state index contributed by atoms with van der Waals surface area (Å²) in [6, 6.07) is 7.94. The maximum atomic E-state index is 12.6. The van der Waals surface area contributed by atoms with Gasteiger partial charge in [0.15, 0.2) is 0 Å². The quantitative estimate of drug-likeness (QED) is 0.770. The Morgan fingerprint density at radius 2 is 1.93 bits per heavy atom. The average Bonchev–Trinajstić information content (AvgIpc) is 3.06. The fourth-order valence-electron chi connectivity index (χ4n) is 2.93. The molecule has 0 saturated carbocycles. The molecule has 1 amide bonds. The number of rotatable bonds is 6. The number of ether oxygens (including phenoxy) is 2. The molecule has 1 aromatic carbocycles. The van der Waals surface area contributed by atoms with Gasteiger partial charge >= 0.3 is 5.97 Å². The van der Waals surface area contributed by atoms with E-state index >= 15 is 0 Å². The molecule has 0 aliphatic carbocycles. The van der Waals surface area contributed by atoms with Gasteiger partial charge in [-0.05, 0) is 19.4 Å². The van der Waals surface area contributed by atoms with Crippen LogP contribution >= 0.6 is 11.3 Å². The molecule has 1 saturated heterocycles. The van der Waals surface area contributed by atoms with E-state index in [1.54, 1.807) is 6.92 Å². The average molecular weight is 388 g/mol. The molecule has 0 unspecified atom stereocenters. The van der Waals surface area contributed by atoms with Crippen molar-refractivity contribution in [3.8, 4) is 11.1 Å². The van der Waals surface area contributed by atoms with Crippen molar-refractivity contribution in [3.63, 3.8) is 0 Å². The number of amides is 1. The molecule has 0 spiro atoms. The summed E-state index contributed by atoms with van der Waals surface area (Å²) in [7, 11) is 0. The molecule has 1 aromatic heterocycles. The van der Waals surface area contributed by atoms with Gasteiger partial charge < -0.3 is 14.8 Å². The molecule has 1 N–H and O–H groups in total. The highest BCUT2D eigenvalue weighted by Gasteiger charge is 2.23. The molecule has 2 aromatic rings. The van der Waals surface area contributed by atoms with Crippen LogP contribution in [-0.2, 0) is 14.3 Å². The number of aryl methyl sites for hydroxylation is 1. The first-order valence-corrected chi connectivity index (χ1v) is 9.92. The monoisotopic (exact) mass is 388 g/mol. The van der Waals surface area contributed by atoms with E-state index in [0.29, 0.717) is 23.8 Å². The van der Waals surface area contributed by atoms with Crippen LogP contribution in [0.2, 0.25) is 0 Å². The van der Waals surface area contributed by atoms with Crippen molar-refractivity contribution < 1.29 is 19.1 Å². The van der Waals surface area contributed by atoms with Gasteiger partial charge in [0, 0.05) is 24.0 Å². The second-order valence-corrected chi connectivity index (χ2v) is 7.26. The molecular formula is C20H24N2O4S. The van der Waals surface area contributed by atoms with Gasteiger partial charge in [0.05, 0.1) is 26.4 Å². The Hall–Kier alpha value is -2.22. The molecule has 7 heteroatoms. The zero-order chi connectivity index (χ0) is 19.2. The van der Waals surface area contributed by atoms with E-state index in [9.17, 15) is 9.59 Å². The third-order valence-corrected chi connectivity index (χ3v) is 5.25. The van der Waals surface area contributed by atoms with Crippen molar-refractivity contribution in [2.75, 3.05) is 44.8 Å². The van der Waals surface area contributed by atoms with Gasteiger partial charge in [0.2, 0.25) is 5.91 Å². The Morgan fingerprint density at radius 1 is 1.22 bits per heavy atom. The summed E-state index contributed by atoms with van der Waals surface area (Å²) in [6.07, 6.45) is 0. The van der Waals surface area contributed by atoms with E-state index in [-0.39, 0.29) is 19.1 Å². The topological polar surface area (TPSA) is 67.9 Å². The summed E-state index contributed by atoms with van der Waals surface area (Å²) in [5, 5.41) is 5.31. The Morgan fingerprint density at radius 3 is 2.59 bits per heavy atom. The number of esters is 1. The first-order valence-electron chi connectivity index (χ1n) is 9.04. The van der Waals surface area contributed by atoms with Crippen LogP contribution in [0.4, 0.5) is 5.00 Å². The van der Waals surface area contributed by atoms with E-state index in [1.165, 1.54) is 11.3 Å². The third-order valence-electron chi connectivity index (χ3n) is 4.36. The summed E-state index contributed by atoms with van der Waals surface area (Å²) in [5.74, 6) is -0.559. The zero-order valence-corrected chi connectivity index (χ0v) is 16.4. The number of anilines is 1. The van der Waals surface area contributed by atoms with Crippen LogP contribution in [-0.4, -0.2) is 56.2 Å². The maximum absolute atomic E-state index is 12.6. The second kappa shape index (κ2) is 9.12. The molecule has 1 aliphatic rings. The van der Waals surface area contributed by atoms with Crippen LogP contribution in [0.1, 0.15) is 22.8 Å². The number of nitrogens with one attached hydrogen (secondary N) is 1. The van der Waals surface area contributed by atoms with Crippen molar-refractivity contribution in [3.05, 3.63) is 40.8 Å². The van der Waals surface area contributed by atoms with Crippen molar-refractivity contribution in [1.82, 2.24) is 4.90 Å². The molecule has 0 bridgehead atoms. The molecule has 3 rings (SSSR count). The number of nitrogens with zero attached hydrogens (tertiary/aromatic N) is 1. The molecule has 144 valence electrons. The van der Waals surface area contributed by atoms with Crippen molar-refractivity contribution in [1.29, 1.82) is 0 Å². The number of benzene rings is 1. The summed E-state index contributed by atoms with van der Waals surface area (Å²) in [4.78, 5) is 27.1. The van der Waals surface area contributed by atoms with E-state index in [1.807, 2.05) is 41.5 Å². The van der Waals surface area contributed by atoms with Gasteiger partial charge in [-0.15, -0.1) is 11.3 Å².